The minimum atomic E-state index is -0.289. The highest BCUT2D eigenvalue weighted by molar-refractivity contribution is 6.09. The number of piperidine rings is 1. The largest absolute Gasteiger partial charge is 0.360 e. The summed E-state index contributed by atoms with van der Waals surface area (Å²) in [5.74, 6) is -0.0921. The van der Waals surface area contributed by atoms with Crippen LogP contribution in [0.3, 0.4) is 0 Å². The fraction of sp³-hybridized carbons (Fsp3) is 0.357. The molecule has 1 aliphatic heterocycles. The summed E-state index contributed by atoms with van der Waals surface area (Å²) in [7, 11) is 0. The van der Waals surface area contributed by atoms with E-state index in [0.29, 0.717) is 11.1 Å². The number of carbonyl (C=O) groups excluding carboxylic acids is 1. The number of benzene rings is 1. The number of nitrogens with one attached hydrogen (secondary N) is 2. The van der Waals surface area contributed by atoms with Crippen LogP contribution in [-0.2, 0) is 0 Å². The molecule has 1 atom stereocenters. The number of ketones is 1. The van der Waals surface area contributed by atoms with Crippen LogP contribution in [0, 0.1) is 11.7 Å². The van der Waals surface area contributed by atoms with Gasteiger partial charge in [0.05, 0.1) is 0 Å². The standard InChI is InChI=1S/C14H15FN2O/c15-10-3-4-11-12(8-17-13(11)6-10)14(18)9-2-1-5-16-7-9/h3-4,6,8-9,16-17H,1-2,5,7H2. The van der Waals surface area contributed by atoms with E-state index in [1.54, 1.807) is 12.3 Å². The Morgan fingerprint density at radius 1 is 1.39 bits per heavy atom. The molecule has 1 aromatic carbocycles. The number of H-pyrrole nitrogens is 1. The molecule has 2 N–H and O–H groups in total. The third-order valence-electron chi connectivity index (χ3n) is 3.58. The summed E-state index contributed by atoms with van der Waals surface area (Å²) in [6, 6.07) is 4.49. The SMILES string of the molecule is O=C(c1c[nH]c2cc(F)ccc12)C1CCCNC1. The lowest BCUT2D eigenvalue weighted by Gasteiger charge is -2.21. The van der Waals surface area contributed by atoms with E-state index in [1.165, 1.54) is 12.1 Å². The Labute approximate surface area is 104 Å². The molecule has 0 radical (unpaired) electrons. The van der Waals surface area contributed by atoms with Crippen LogP contribution < -0.4 is 5.32 Å². The van der Waals surface area contributed by atoms with Crippen molar-refractivity contribution in [2.24, 2.45) is 5.92 Å². The van der Waals surface area contributed by atoms with Gasteiger partial charge in [-0.15, -0.1) is 0 Å². The van der Waals surface area contributed by atoms with Crippen molar-refractivity contribution >= 4 is 16.7 Å². The smallest absolute Gasteiger partial charge is 0.169 e. The maximum absolute atomic E-state index is 13.1. The minimum Gasteiger partial charge on any atom is -0.360 e. The first-order valence-electron chi connectivity index (χ1n) is 6.27. The molecule has 3 rings (SSSR count). The molecule has 0 spiro atoms. The molecular weight excluding hydrogens is 231 g/mol. The zero-order valence-corrected chi connectivity index (χ0v) is 10.0. The molecule has 1 fully saturated rings. The van der Waals surface area contributed by atoms with Crippen molar-refractivity contribution in [2.75, 3.05) is 13.1 Å². The van der Waals surface area contributed by atoms with Gasteiger partial charge in [-0.05, 0) is 37.6 Å². The Bertz CT molecular complexity index is 584. The van der Waals surface area contributed by atoms with E-state index in [4.69, 9.17) is 0 Å². The number of halogens is 1. The average molecular weight is 246 g/mol. The zero-order chi connectivity index (χ0) is 12.5. The number of carbonyl (C=O) groups is 1. The van der Waals surface area contributed by atoms with Gasteiger partial charge in [-0.1, -0.05) is 0 Å². The first-order chi connectivity index (χ1) is 8.75. The third kappa shape index (κ3) is 1.93. The van der Waals surface area contributed by atoms with Gasteiger partial charge >= 0.3 is 0 Å². The van der Waals surface area contributed by atoms with Crippen molar-refractivity contribution < 1.29 is 9.18 Å². The highest BCUT2D eigenvalue weighted by Crippen LogP contribution is 2.24. The van der Waals surface area contributed by atoms with Crippen molar-refractivity contribution in [3.05, 3.63) is 35.8 Å². The normalized spacial score (nSPS) is 20.2. The maximum atomic E-state index is 13.1. The molecule has 18 heavy (non-hydrogen) atoms. The topological polar surface area (TPSA) is 44.9 Å². The Morgan fingerprint density at radius 3 is 3.06 bits per heavy atom. The predicted molar refractivity (Wildman–Crippen MR) is 68.2 cm³/mol. The van der Waals surface area contributed by atoms with Gasteiger partial charge in [0.2, 0.25) is 0 Å². The fourth-order valence-corrected chi connectivity index (χ4v) is 2.60. The van der Waals surface area contributed by atoms with Crippen molar-refractivity contribution in [2.45, 2.75) is 12.8 Å². The van der Waals surface area contributed by atoms with Crippen LogP contribution in [0.5, 0.6) is 0 Å². The summed E-state index contributed by atoms with van der Waals surface area (Å²) >= 11 is 0. The van der Waals surface area contributed by atoms with Crippen molar-refractivity contribution in [1.82, 2.24) is 10.3 Å². The molecule has 0 aliphatic carbocycles. The van der Waals surface area contributed by atoms with Gasteiger partial charge in [0.1, 0.15) is 5.82 Å². The molecule has 3 nitrogen and oxygen atoms in total. The Hall–Kier alpha value is -1.68. The molecule has 0 bridgehead atoms. The molecule has 94 valence electrons. The van der Waals surface area contributed by atoms with E-state index in [0.717, 1.165) is 31.3 Å². The number of aromatic nitrogens is 1. The van der Waals surface area contributed by atoms with Gasteiger partial charge in [0.25, 0.3) is 0 Å². The van der Waals surface area contributed by atoms with Crippen molar-refractivity contribution in [1.29, 1.82) is 0 Å². The summed E-state index contributed by atoms with van der Waals surface area (Å²) in [5.41, 5.74) is 1.36. The molecule has 0 amide bonds. The Kier molecular flexibility index (Phi) is 2.88. The number of rotatable bonds is 2. The molecule has 0 saturated carbocycles. The molecule has 1 unspecified atom stereocenters. The predicted octanol–water partition coefficient (Wildman–Crippen LogP) is 2.49. The highest BCUT2D eigenvalue weighted by Gasteiger charge is 2.24. The zero-order valence-electron chi connectivity index (χ0n) is 10.0. The number of Topliss-reactive ketones (excluding diaryl/α,β-unsaturated/α-hetero) is 1. The Morgan fingerprint density at radius 2 is 2.28 bits per heavy atom. The monoisotopic (exact) mass is 246 g/mol. The van der Waals surface area contributed by atoms with Gasteiger partial charge in [-0.2, -0.15) is 0 Å². The van der Waals surface area contributed by atoms with E-state index in [-0.39, 0.29) is 17.5 Å². The number of fused-ring (bicyclic) bond motifs is 1. The van der Waals surface area contributed by atoms with E-state index in [9.17, 15) is 9.18 Å². The number of aromatic amines is 1. The highest BCUT2D eigenvalue weighted by atomic mass is 19.1. The van der Waals surface area contributed by atoms with Crippen LogP contribution in [0.2, 0.25) is 0 Å². The van der Waals surface area contributed by atoms with Crippen LogP contribution in [0.15, 0.2) is 24.4 Å². The quantitative estimate of drug-likeness (QED) is 0.800. The summed E-state index contributed by atoms with van der Waals surface area (Å²) in [4.78, 5) is 15.4. The van der Waals surface area contributed by atoms with Gasteiger partial charge in [0.15, 0.2) is 5.78 Å². The van der Waals surface area contributed by atoms with Crippen LogP contribution in [0.1, 0.15) is 23.2 Å². The van der Waals surface area contributed by atoms with Crippen LogP contribution >= 0.6 is 0 Å². The summed E-state index contributed by atoms with van der Waals surface area (Å²) in [5, 5.41) is 4.06. The Balaban J connectivity index is 1.96. The first kappa shape index (κ1) is 11.4. The van der Waals surface area contributed by atoms with Crippen LogP contribution in [0.4, 0.5) is 4.39 Å². The van der Waals surface area contributed by atoms with Gasteiger partial charge in [-0.25, -0.2) is 4.39 Å². The van der Waals surface area contributed by atoms with E-state index >= 15 is 0 Å². The number of hydrogen-bond acceptors (Lipinski definition) is 2. The molecule has 4 heteroatoms. The van der Waals surface area contributed by atoms with Crippen molar-refractivity contribution in [3.8, 4) is 0 Å². The van der Waals surface area contributed by atoms with Crippen molar-refractivity contribution in [3.63, 3.8) is 0 Å². The van der Waals surface area contributed by atoms with E-state index < -0.39 is 0 Å². The minimum absolute atomic E-state index is 0.0443. The summed E-state index contributed by atoms with van der Waals surface area (Å²) < 4.78 is 13.1. The summed E-state index contributed by atoms with van der Waals surface area (Å²) in [6.07, 6.45) is 3.66. The number of hydrogen-bond donors (Lipinski definition) is 2. The van der Waals surface area contributed by atoms with E-state index in [2.05, 4.69) is 10.3 Å². The lowest BCUT2D eigenvalue weighted by atomic mass is 9.91. The fourth-order valence-electron chi connectivity index (χ4n) is 2.60. The van der Waals surface area contributed by atoms with E-state index in [1.807, 2.05) is 0 Å². The second-order valence-electron chi connectivity index (χ2n) is 4.80. The lowest BCUT2D eigenvalue weighted by molar-refractivity contribution is 0.0901. The lowest BCUT2D eigenvalue weighted by Crippen LogP contribution is -2.34. The molecule has 1 saturated heterocycles. The van der Waals surface area contributed by atoms with Gasteiger partial charge in [-0.3, -0.25) is 4.79 Å². The average Bonchev–Trinajstić information content (AvgIpc) is 2.81. The molecule has 2 heterocycles. The van der Waals surface area contributed by atoms with Gasteiger partial charge < -0.3 is 10.3 Å². The van der Waals surface area contributed by atoms with Gasteiger partial charge in [0, 0.05) is 35.1 Å². The first-order valence-corrected chi connectivity index (χ1v) is 6.27. The second-order valence-corrected chi connectivity index (χ2v) is 4.80. The molecular formula is C14H15FN2O. The van der Waals surface area contributed by atoms with Crippen LogP contribution in [0.25, 0.3) is 10.9 Å². The van der Waals surface area contributed by atoms with Crippen LogP contribution in [-0.4, -0.2) is 23.9 Å². The maximum Gasteiger partial charge on any atom is 0.169 e. The third-order valence-corrected chi connectivity index (χ3v) is 3.58. The second kappa shape index (κ2) is 4.53. The molecule has 2 aromatic rings. The summed E-state index contributed by atoms with van der Waals surface area (Å²) in [6.45, 7) is 1.73. The molecule has 1 aromatic heterocycles. The molecule has 1 aliphatic rings.